The van der Waals surface area contributed by atoms with Crippen LogP contribution >= 0.6 is 0 Å². The summed E-state index contributed by atoms with van der Waals surface area (Å²) < 4.78 is 16.3. The summed E-state index contributed by atoms with van der Waals surface area (Å²) in [6.07, 6.45) is 0.396. The van der Waals surface area contributed by atoms with Crippen molar-refractivity contribution in [3.8, 4) is 11.5 Å². The maximum atomic E-state index is 9.35. The highest BCUT2D eigenvalue weighted by Crippen LogP contribution is 2.27. The van der Waals surface area contributed by atoms with Gasteiger partial charge in [-0.15, -0.1) is 0 Å². The molecule has 5 nitrogen and oxygen atoms in total. The quantitative estimate of drug-likeness (QED) is 0.704. The van der Waals surface area contributed by atoms with Crippen LogP contribution in [0.25, 0.3) is 0 Å². The molecule has 2 atom stereocenters. The monoisotopic (exact) mass is 269 g/mol. The zero-order valence-corrected chi connectivity index (χ0v) is 11.5. The van der Waals surface area contributed by atoms with Crippen molar-refractivity contribution in [2.75, 3.05) is 26.9 Å². The van der Waals surface area contributed by atoms with Crippen molar-refractivity contribution in [3.05, 3.63) is 24.3 Å². The predicted octanol–water partition coefficient (Wildman–Crippen LogP) is 1.19. The van der Waals surface area contributed by atoms with Crippen LogP contribution in [0.1, 0.15) is 13.3 Å². The summed E-state index contributed by atoms with van der Waals surface area (Å²) >= 11 is 0. The van der Waals surface area contributed by atoms with Gasteiger partial charge in [0, 0.05) is 7.11 Å². The number of hydrogen-bond acceptors (Lipinski definition) is 5. The zero-order chi connectivity index (χ0) is 14.1. The van der Waals surface area contributed by atoms with Crippen LogP contribution in [0.15, 0.2) is 24.3 Å². The largest absolute Gasteiger partial charge is 0.490 e. The number of para-hydroxylation sites is 2. The van der Waals surface area contributed by atoms with Crippen molar-refractivity contribution >= 4 is 0 Å². The summed E-state index contributed by atoms with van der Waals surface area (Å²) in [5.74, 6) is 1.24. The summed E-state index contributed by atoms with van der Waals surface area (Å²) in [5.41, 5.74) is 5.89. The molecule has 0 bridgehead atoms. The average molecular weight is 269 g/mol. The van der Waals surface area contributed by atoms with E-state index in [0.717, 1.165) is 6.42 Å². The van der Waals surface area contributed by atoms with Crippen LogP contribution in [0.3, 0.4) is 0 Å². The lowest BCUT2D eigenvalue weighted by Gasteiger charge is -2.23. The van der Waals surface area contributed by atoms with E-state index in [0.29, 0.717) is 24.7 Å². The molecule has 0 aliphatic carbocycles. The van der Waals surface area contributed by atoms with Gasteiger partial charge in [-0.1, -0.05) is 19.1 Å². The van der Waals surface area contributed by atoms with Gasteiger partial charge in [0.15, 0.2) is 11.5 Å². The van der Waals surface area contributed by atoms with Crippen LogP contribution < -0.4 is 15.2 Å². The highest BCUT2D eigenvalue weighted by atomic mass is 16.5. The molecule has 19 heavy (non-hydrogen) atoms. The molecule has 5 heteroatoms. The van der Waals surface area contributed by atoms with E-state index in [1.807, 2.05) is 25.1 Å². The third-order valence-corrected chi connectivity index (χ3v) is 2.61. The number of hydrogen-bond donors (Lipinski definition) is 2. The molecule has 1 aromatic rings. The molecule has 0 saturated carbocycles. The minimum absolute atomic E-state index is 0.174. The molecule has 2 unspecified atom stereocenters. The lowest BCUT2D eigenvalue weighted by atomic mass is 10.2. The Morgan fingerprint density at radius 3 is 2.53 bits per heavy atom. The highest BCUT2D eigenvalue weighted by Gasteiger charge is 2.20. The van der Waals surface area contributed by atoms with Crippen molar-refractivity contribution in [1.82, 2.24) is 0 Å². The summed E-state index contributed by atoms with van der Waals surface area (Å²) in [6, 6.07) is 6.97. The Kier molecular flexibility index (Phi) is 7.25. The van der Waals surface area contributed by atoms with Crippen LogP contribution in [-0.2, 0) is 4.74 Å². The average Bonchev–Trinajstić information content (AvgIpc) is 2.43. The molecule has 0 spiro atoms. The van der Waals surface area contributed by atoms with Crippen molar-refractivity contribution in [2.24, 2.45) is 5.73 Å². The number of aliphatic hydroxyl groups is 1. The van der Waals surface area contributed by atoms with Crippen molar-refractivity contribution < 1.29 is 19.3 Å². The number of rotatable bonds is 9. The van der Waals surface area contributed by atoms with Crippen LogP contribution in [0, 0.1) is 0 Å². The van der Waals surface area contributed by atoms with Gasteiger partial charge < -0.3 is 25.1 Å². The number of benzene rings is 1. The maximum absolute atomic E-state index is 9.35. The SMILES string of the molecule is CCCOc1ccccc1OC(CO)C(N)COC. The summed E-state index contributed by atoms with van der Waals surface area (Å²) in [6.45, 7) is 2.80. The molecule has 0 radical (unpaired) electrons. The topological polar surface area (TPSA) is 73.9 Å². The van der Waals surface area contributed by atoms with Crippen molar-refractivity contribution in [3.63, 3.8) is 0 Å². The van der Waals surface area contributed by atoms with E-state index < -0.39 is 12.1 Å². The molecule has 0 aromatic heterocycles. The van der Waals surface area contributed by atoms with E-state index in [1.165, 1.54) is 0 Å². The fourth-order valence-corrected chi connectivity index (χ4v) is 1.60. The van der Waals surface area contributed by atoms with E-state index in [4.69, 9.17) is 19.9 Å². The van der Waals surface area contributed by atoms with Gasteiger partial charge in [0.05, 0.1) is 25.9 Å². The molecule has 0 aliphatic rings. The standard InChI is InChI=1S/C14H23NO4/c1-3-8-18-12-6-4-5-7-13(12)19-14(9-16)11(15)10-17-2/h4-7,11,14,16H,3,8-10,15H2,1-2H3. The molecule has 1 aromatic carbocycles. The Balaban J connectivity index is 2.72. The van der Waals surface area contributed by atoms with E-state index in [-0.39, 0.29) is 6.61 Å². The minimum Gasteiger partial charge on any atom is -0.490 e. The van der Waals surface area contributed by atoms with Crippen molar-refractivity contribution in [1.29, 1.82) is 0 Å². The molecule has 108 valence electrons. The van der Waals surface area contributed by atoms with Crippen molar-refractivity contribution in [2.45, 2.75) is 25.5 Å². The fourth-order valence-electron chi connectivity index (χ4n) is 1.60. The normalized spacial score (nSPS) is 13.9. The summed E-state index contributed by atoms with van der Waals surface area (Å²) in [5, 5.41) is 9.35. The maximum Gasteiger partial charge on any atom is 0.161 e. The first-order valence-electron chi connectivity index (χ1n) is 6.46. The Morgan fingerprint density at radius 2 is 1.95 bits per heavy atom. The molecule has 0 aliphatic heterocycles. The third-order valence-electron chi connectivity index (χ3n) is 2.61. The van der Waals surface area contributed by atoms with Gasteiger partial charge in [-0.2, -0.15) is 0 Å². The molecule has 0 fully saturated rings. The predicted molar refractivity (Wildman–Crippen MR) is 73.6 cm³/mol. The highest BCUT2D eigenvalue weighted by molar-refractivity contribution is 5.39. The molecule has 3 N–H and O–H groups in total. The molecule has 0 saturated heterocycles. The van der Waals surface area contributed by atoms with Gasteiger partial charge in [-0.25, -0.2) is 0 Å². The van der Waals surface area contributed by atoms with Crippen LogP contribution in [0.4, 0.5) is 0 Å². The van der Waals surface area contributed by atoms with E-state index >= 15 is 0 Å². The number of methoxy groups -OCH3 is 1. The van der Waals surface area contributed by atoms with Gasteiger partial charge in [0.2, 0.25) is 0 Å². The van der Waals surface area contributed by atoms with E-state index in [9.17, 15) is 5.11 Å². The van der Waals surface area contributed by atoms with Crippen LogP contribution in [0.2, 0.25) is 0 Å². The number of nitrogens with two attached hydrogens (primary N) is 1. The summed E-state index contributed by atoms with van der Waals surface area (Å²) in [7, 11) is 1.56. The molecule has 0 heterocycles. The number of aliphatic hydroxyl groups excluding tert-OH is 1. The lowest BCUT2D eigenvalue weighted by Crippen LogP contribution is -2.44. The minimum atomic E-state index is -0.522. The Labute approximate surface area is 114 Å². The fraction of sp³-hybridized carbons (Fsp3) is 0.571. The van der Waals surface area contributed by atoms with E-state index in [1.54, 1.807) is 13.2 Å². The zero-order valence-electron chi connectivity index (χ0n) is 11.5. The Hall–Kier alpha value is -1.30. The van der Waals surface area contributed by atoms with Gasteiger partial charge >= 0.3 is 0 Å². The van der Waals surface area contributed by atoms with Gasteiger partial charge in [-0.05, 0) is 18.6 Å². The Bertz CT molecular complexity index is 359. The van der Waals surface area contributed by atoms with Gasteiger partial charge in [0.25, 0.3) is 0 Å². The van der Waals surface area contributed by atoms with Gasteiger partial charge in [0.1, 0.15) is 6.10 Å². The molecule has 1 rings (SSSR count). The second-order valence-corrected chi connectivity index (χ2v) is 4.25. The first-order valence-corrected chi connectivity index (χ1v) is 6.46. The molecular weight excluding hydrogens is 246 g/mol. The third kappa shape index (κ3) is 5.06. The number of ether oxygens (including phenoxy) is 3. The second-order valence-electron chi connectivity index (χ2n) is 4.25. The summed E-state index contributed by atoms with van der Waals surface area (Å²) in [4.78, 5) is 0. The first kappa shape index (κ1) is 15.8. The van der Waals surface area contributed by atoms with Crippen LogP contribution in [-0.4, -0.2) is 44.2 Å². The van der Waals surface area contributed by atoms with Crippen LogP contribution in [0.5, 0.6) is 11.5 Å². The first-order chi connectivity index (χ1) is 9.22. The molecule has 0 amide bonds. The second kappa shape index (κ2) is 8.74. The van der Waals surface area contributed by atoms with E-state index in [2.05, 4.69) is 0 Å². The molecular formula is C14H23NO4. The smallest absolute Gasteiger partial charge is 0.161 e. The Morgan fingerprint density at radius 1 is 1.26 bits per heavy atom. The van der Waals surface area contributed by atoms with Gasteiger partial charge in [-0.3, -0.25) is 0 Å². The lowest BCUT2D eigenvalue weighted by molar-refractivity contribution is 0.0582.